The Balaban J connectivity index is 1.16. The van der Waals surface area contributed by atoms with Gasteiger partial charge in [-0.1, -0.05) is 48.5 Å². The van der Waals surface area contributed by atoms with Gasteiger partial charge >= 0.3 is 12.2 Å². The highest BCUT2D eigenvalue weighted by Gasteiger charge is 2.84. The van der Waals surface area contributed by atoms with Gasteiger partial charge in [0.2, 0.25) is 0 Å². The fraction of sp³-hybridized carbons (Fsp3) is 0.943. The minimum Gasteiger partial charge on any atom is -0.446 e. The lowest BCUT2D eigenvalue weighted by Gasteiger charge is -2.63. The first kappa shape index (κ1) is 30.1. The van der Waals surface area contributed by atoms with E-state index in [0.717, 1.165) is 58.0 Å². The van der Waals surface area contributed by atoms with Gasteiger partial charge in [0, 0.05) is 23.9 Å². The second kappa shape index (κ2) is 9.49. The molecule has 7 fully saturated rings. The van der Waals surface area contributed by atoms with Gasteiger partial charge in [-0.3, -0.25) is 0 Å². The molecular weight excluding hydrogens is 544 g/mol. The highest BCUT2D eigenvalue weighted by Crippen LogP contribution is 2.89. The number of aliphatic hydroxyl groups excluding tert-OH is 1. The molecule has 0 aromatic carbocycles. The summed E-state index contributed by atoms with van der Waals surface area (Å²) in [5.74, 6) is 1.72. The SMILES string of the molecule is CC(C)C(OC(=O)N1CCC1)C1CC(C)C2C(O1)C(O)C1(C)C3CCC4C(C)(C)C(OC(N)=O)CCC45CC35CCC21C. The van der Waals surface area contributed by atoms with Gasteiger partial charge in [0.15, 0.2) is 0 Å². The summed E-state index contributed by atoms with van der Waals surface area (Å²) in [6.45, 7) is 17.6. The molecular formula is C35H56N2O6. The van der Waals surface area contributed by atoms with Crippen LogP contribution in [0.3, 0.4) is 0 Å². The van der Waals surface area contributed by atoms with E-state index in [2.05, 4.69) is 48.5 Å². The summed E-state index contributed by atoms with van der Waals surface area (Å²) in [5.41, 5.74) is 5.62. The minimum atomic E-state index is -0.659. The van der Waals surface area contributed by atoms with Gasteiger partial charge in [-0.25, -0.2) is 9.59 Å². The zero-order chi connectivity index (χ0) is 30.9. The fourth-order valence-electron chi connectivity index (χ4n) is 13.2. The van der Waals surface area contributed by atoms with E-state index in [0.29, 0.717) is 17.8 Å². The molecule has 13 unspecified atom stereocenters. The van der Waals surface area contributed by atoms with Crippen molar-refractivity contribution < 1.29 is 28.9 Å². The largest absolute Gasteiger partial charge is 0.446 e. The third-order valence-corrected chi connectivity index (χ3v) is 15.4. The number of rotatable bonds is 4. The number of aliphatic hydroxyl groups is 1. The average molecular weight is 601 g/mol. The summed E-state index contributed by atoms with van der Waals surface area (Å²) in [6, 6.07) is 0. The van der Waals surface area contributed by atoms with Crippen LogP contribution in [-0.4, -0.2) is 65.8 Å². The number of carbonyl (C=O) groups excluding carboxylic acids is 2. The third kappa shape index (κ3) is 3.74. The molecule has 242 valence electrons. The summed E-state index contributed by atoms with van der Waals surface area (Å²) in [7, 11) is 0. The lowest BCUT2D eigenvalue weighted by molar-refractivity contribution is -0.185. The van der Waals surface area contributed by atoms with Crippen LogP contribution in [0.25, 0.3) is 0 Å². The maximum atomic E-state index is 12.9. The summed E-state index contributed by atoms with van der Waals surface area (Å²) in [4.78, 5) is 26.4. The van der Waals surface area contributed by atoms with Crippen LogP contribution in [0.5, 0.6) is 0 Å². The lowest BCUT2D eigenvalue weighted by Crippen LogP contribution is -2.60. The molecule has 2 saturated heterocycles. The molecule has 0 radical (unpaired) electrons. The van der Waals surface area contributed by atoms with Crippen LogP contribution < -0.4 is 5.73 Å². The van der Waals surface area contributed by atoms with Crippen molar-refractivity contribution in [1.82, 2.24) is 4.90 Å². The molecule has 0 aromatic heterocycles. The van der Waals surface area contributed by atoms with Crippen LogP contribution in [0.2, 0.25) is 0 Å². The minimum absolute atomic E-state index is 0.0164. The molecule has 8 heteroatoms. The first-order chi connectivity index (χ1) is 20.1. The van der Waals surface area contributed by atoms with Crippen LogP contribution >= 0.6 is 0 Å². The lowest BCUT2D eigenvalue weighted by atomic mass is 9.41. The highest BCUT2D eigenvalue weighted by atomic mass is 16.6. The molecule has 43 heavy (non-hydrogen) atoms. The molecule has 2 heterocycles. The topological polar surface area (TPSA) is 111 Å². The molecule has 13 atom stereocenters. The van der Waals surface area contributed by atoms with Gasteiger partial charge < -0.3 is 30.0 Å². The molecule has 7 aliphatic rings. The van der Waals surface area contributed by atoms with E-state index in [9.17, 15) is 14.7 Å². The first-order valence-electron chi connectivity index (χ1n) is 17.4. The van der Waals surface area contributed by atoms with Gasteiger partial charge in [-0.05, 0) is 104 Å². The Labute approximate surface area is 258 Å². The highest BCUT2D eigenvalue weighted by molar-refractivity contribution is 5.68. The van der Waals surface area contributed by atoms with Crippen molar-refractivity contribution in [1.29, 1.82) is 0 Å². The van der Waals surface area contributed by atoms with Crippen LogP contribution in [0, 0.1) is 56.7 Å². The second-order valence-corrected chi connectivity index (χ2v) is 17.4. The van der Waals surface area contributed by atoms with E-state index in [-0.39, 0.29) is 69.4 Å². The molecule has 0 aromatic rings. The van der Waals surface area contributed by atoms with E-state index < -0.39 is 12.2 Å². The monoisotopic (exact) mass is 600 g/mol. The van der Waals surface area contributed by atoms with Crippen LogP contribution in [0.1, 0.15) is 106 Å². The number of primary amides is 1. The maximum Gasteiger partial charge on any atom is 0.410 e. The summed E-state index contributed by atoms with van der Waals surface area (Å²) in [5, 5.41) is 12.5. The number of fused-ring (bicyclic) bond motifs is 4. The van der Waals surface area contributed by atoms with Crippen LogP contribution in [0.15, 0.2) is 0 Å². The maximum absolute atomic E-state index is 12.9. The quantitative estimate of drug-likeness (QED) is 0.402. The zero-order valence-electron chi connectivity index (χ0n) is 27.6. The molecule has 7 rings (SSSR count). The molecule has 2 amide bonds. The molecule has 2 spiro atoms. The number of nitrogens with two attached hydrogens (primary N) is 1. The van der Waals surface area contributed by atoms with Crippen molar-refractivity contribution >= 4 is 12.2 Å². The predicted octanol–water partition coefficient (Wildman–Crippen LogP) is 6.13. The van der Waals surface area contributed by atoms with Crippen molar-refractivity contribution in [2.45, 2.75) is 137 Å². The standard InChI is InChI=1S/C35H56N2O6/c1-19(2)26(43-30(40)37-15-8-16-37)21-17-20(3)25-27(41-21)28(38)33(7)23-10-9-22-31(4,5)24(42-29(36)39)11-12-34(22)18-35(23,34)14-13-32(25,33)6/h19-28,38H,8-18H2,1-7H3,(H2,36,39). The average Bonchev–Trinajstić information content (AvgIpc) is 3.52. The molecule has 0 bridgehead atoms. The summed E-state index contributed by atoms with van der Waals surface area (Å²) >= 11 is 0. The van der Waals surface area contributed by atoms with Crippen molar-refractivity contribution in [2.24, 2.45) is 62.4 Å². The number of hydrogen-bond donors (Lipinski definition) is 2. The van der Waals surface area contributed by atoms with Crippen LogP contribution in [0.4, 0.5) is 9.59 Å². The van der Waals surface area contributed by atoms with Crippen molar-refractivity contribution in [3.05, 3.63) is 0 Å². The van der Waals surface area contributed by atoms with Gasteiger partial charge in [-0.15, -0.1) is 0 Å². The smallest absolute Gasteiger partial charge is 0.410 e. The number of likely N-dealkylation sites (tertiary alicyclic amines) is 1. The van der Waals surface area contributed by atoms with Gasteiger partial charge in [0.1, 0.15) is 12.2 Å². The Bertz CT molecular complexity index is 1170. The predicted molar refractivity (Wildman–Crippen MR) is 162 cm³/mol. The number of hydrogen-bond acceptors (Lipinski definition) is 6. The zero-order valence-corrected chi connectivity index (χ0v) is 27.6. The second-order valence-electron chi connectivity index (χ2n) is 17.4. The Morgan fingerprint density at radius 3 is 2.30 bits per heavy atom. The van der Waals surface area contributed by atoms with Gasteiger partial charge in [-0.2, -0.15) is 0 Å². The van der Waals surface area contributed by atoms with Crippen molar-refractivity contribution in [3.63, 3.8) is 0 Å². The van der Waals surface area contributed by atoms with E-state index >= 15 is 0 Å². The fourth-order valence-corrected chi connectivity index (χ4v) is 13.2. The normalized spacial score (nSPS) is 51.5. The van der Waals surface area contributed by atoms with Gasteiger partial charge in [0.05, 0.1) is 18.3 Å². The van der Waals surface area contributed by atoms with E-state index in [1.807, 2.05) is 0 Å². The summed E-state index contributed by atoms with van der Waals surface area (Å²) in [6.07, 6.45) is 7.28. The molecule has 2 aliphatic heterocycles. The van der Waals surface area contributed by atoms with Gasteiger partial charge in [0.25, 0.3) is 0 Å². The van der Waals surface area contributed by atoms with Crippen molar-refractivity contribution in [3.8, 4) is 0 Å². The van der Waals surface area contributed by atoms with E-state index in [1.54, 1.807) is 4.90 Å². The number of ether oxygens (including phenoxy) is 3. The molecule has 8 nitrogen and oxygen atoms in total. The number of carbonyl (C=O) groups is 2. The van der Waals surface area contributed by atoms with Crippen LogP contribution in [-0.2, 0) is 14.2 Å². The molecule has 5 saturated carbocycles. The Kier molecular flexibility index (Phi) is 6.65. The Morgan fingerprint density at radius 2 is 1.67 bits per heavy atom. The number of nitrogens with zero attached hydrogens (tertiary/aromatic N) is 1. The summed E-state index contributed by atoms with van der Waals surface area (Å²) < 4.78 is 18.8. The Hall–Kier alpha value is -1.54. The third-order valence-electron chi connectivity index (χ3n) is 15.4. The first-order valence-corrected chi connectivity index (χ1v) is 17.4. The molecule has 5 aliphatic carbocycles. The molecule has 3 N–H and O–H groups in total. The van der Waals surface area contributed by atoms with E-state index in [4.69, 9.17) is 19.9 Å². The van der Waals surface area contributed by atoms with E-state index in [1.165, 1.54) is 12.8 Å². The Morgan fingerprint density at radius 1 is 1.00 bits per heavy atom. The number of amides is 2. The van der Waals surface area contributed by atoms with Crippen molar-refractivity contribution in [2.75, 3.05) is 13.1 Å².